The van der Waals surface area contributed by atoms with E-state index in [1.165, 1.54) is 30.8 Å². The normalized spacial score (nSPS) is 24.4. The van der Waals surface area contributed by atoms with Gasteiger partial charge >= 0.3 is 0 Å². The van der Waals surface area contributed by atoms with Crippen molar-refractivity contribution in [3.8, 4) is 0 Å². The third-order valence-electron chi connectivity index (χ3n) is 4.09. The molecule has 1 aliphatic rings. The Bertz CT molecular complexity index is 394. The lowest BCUT2D eigenvalue weighted by molar-refractivity contribution is 0.178. The van der Waals surface area contributed by atoms with Crippen molar-refractivity contribution >= 4 is 5.69 Å². The van der Waals surface area contributed by atoms with Crippen LogP contribution < -0.4 is 5.32 Å². The first-order valence-electron chi connectivity index (χ1n) is 7.30. The number of likely N-dealkylation sites (tertiary alicyclic amines) is 1. The molecular weight excluding hydrogens is 236 g/mol. The smallest absolute Gasteiger partial charge is 0.0733 e. The van der Waals surface area contributed by atoms with Gasteiger partial charge in [0, 0.05) is 37.5 Å². The molecule has 1 N–H and O–H groups in total. The van der Waals surface area contributed by atoms with Crippen molar-refractivity contribution in [2.75, 3.05) is 32.1 Å². The van der Waals surface area contributed by atoms with Crippen LogP contribution in [0.3, 0.4) is 0 Å². The first-order valence-corrected chi connectivity index (χ1v) is 7.30. The SMILES string of the molecule is CCN1CC[C@@H](Nc2ccccc2COC)[C@H](C)C1. The highest BCUT2D eigenvalue weighted by atomic mass is 16.5. The molecule has 0 radical (unpaired) electrons. The summed E-state index contributed by atoms with van der Waals surface area (Å²) in [6.07, 6.45) is 1.22. The van der Waals surface area contributed by atoms with E-state index in [1.807, 2.05) is 0 Å². The molecule has 1 aromatic carbocycles. The zero-order valence-electron chi connectivity index (χ0n) is 12.4. The van der Waals surface area contributed by atoms with Crippen molar-refractivity contribution in [3.05, 3.63) is 29.8 Å². The number of hydrogen-bond donors (Lipinski definition) is 1. The summed E-state index contributed by atoms with van der Waals surface area (Å²) < 4.78 is 5.27. The number of benzene rings is 1. The average molecular weight is 262 g/mol. The maximum atomic E-state index is 5.27. The van der Waals surface area contributed by atoms with E-state index in [4.69, 9.17) is 4.74 Å². The monoisotopic (exact) mass is 262 g/mol. The maximum Gasteiger partial charge on any atom is 0.0733 e. The molecule has 2 rings (SSSR count). The average Bonchev–Trinajstić information content (AvgIpc) is 2.43. The van der Waals surface area contributed by atoms with E-state index < -0.39 is 0 Å². The van der Waals surface area contributed by atoms with Crippen LogP contribution >= 0.6 is 0 Å². The van der Waals surface area contributed by atoms with Gasteiger partial charge in [0.1, 0.15) is 0 Å². The lowest BCUT2D eigenvalue weighted by Gasteiger charge is -2.37. The lowest BCUT2D eigenvalue weighted by atomic mass is 9.93. The van der Waals surface area contributed by atoms with Crippen molar-refractivity contribution in [1.82, 2.24) is 4.90 Å². The van der Waals surface area contributed by atoms with E-state index in [9.17, 15) is 0 Å². The maximum absolute atomic E-state index is 5.27. The minimum Gasteiger partial charge on any atom is -0.382 e. The van der Waals surface area contributed by atoms with Crippen LogP contribution in [0.5, 0.6) is 0 Å². The predicted molar refractivity (Wildman–Crippen MR) is 80.5 cm³/mol. The van der Waals surface area contributed by atoms with E-state index in [1.54, 1.807) is 7.11 Å². The Balaban J connectivity index is 2.01. The summed E-state index contributed by atoms with van der Waals surface area (Å²) in [5, 5.41) is 3.72. The summed E-state index contributed by atoms with van der Waals surface area (Å²) in [5.74, 6) is 0.685. The third-order valence-corrected chi connectivity index (χ3v) is 4.09. The van der Waals surface area contributed by atoms with Crippen LogP contribution in [0.1, 0.15) is 25.8 Å². The first-order chi connectivity index (χ1) is 9.24. The summed E-state index contributed by atoms with van der Waals surface area (Å²) in [6.45, 7) is 8.82. The molecule has 1 aliphatic heterocycles. The molecule has 2 atom stereocenters. The molecule has 0 aliphatic carbocycles. The van der Waals surface area contributed by atoms with Crippen LogP contribution in [0.25, 0.3) is 0 Å². The Morgan fingerprint density at radius 3 is 2.84 bits per heavy atom. The minimum absolute atomic E-state index is 0.570. The lowest BCUT2D eigenvalue weighted by Crippen LogP contribution is -2.45. The Morgan fingerprint density at radius 2 is 2.16 bits per heavy atom. The second-order valence-corrected chi connectivity index (χ2v) is 5.50. The van der Waals surface area contributed by atoms with E-state index >= 15 is 0 Å². The molecule has 1 heterocycles. The minimum atomic E-state index is 0.570. The summed E-state index contributed by atoms with van der Waals surface area (Å²) in [6, 6.07) is 9.03. The fourth-order valence-corrected chi connectivity index (χ4v) is 2.88. The van der Waals surface area contributed by atoms with Crippen molar-refractivity contribution in [1.29, 1.82) is 0 Å². The summed E-state index contributed by atoms with van der Waals surface area (Å²) in [7, 11) is 1.75. The number of rotatable bonds is 5. The molecule has 0 unspecified atom stereocenters. The molecule has 0 aromatic heterocycles. The van der Waals surface area contributed by atoms with Crippen LogP contribution in [0.4, 0.5) is 5.69 Å². The van der Waals surface area contributed by atoms with E-state index in [0.717, 1.165) is 6.54 Å². The fraction of sp³-hybridized carbons (Fsp3) is 0.625. The van der Waals surface area contributed by atoms with Gasteiger partial charge in [-0.1, -0.05) is 32.0 Å². The van der Waals surface area contributed by atoms with Crippen LogP contribution in [0, 0.1) is 5.92 Å². The third kappa shape index (κ3) is 3.71. The molecule has 1 aromatic rings. The highest BCUT2D eigenvalue weighted by Gasteiger charge is 2.25. The number of ether oxygens (including phenoxy) is 1. The molecule has 0 bridgehead atoms. The van der Waals surface area contributed by atoms with Gasteiger partial charge in [0.25, 0.3) is 0 Å². The summed E-state index contributed by atoms with van der Waals surface area (Å²) >= 11 is 0. The van der Waals surface area contributed by atoms with Crippen LogP contribution in [-0.4, -0.2) is 37.7 Å². The van der Waals surface area contributed by atoms with Gasteiger partial charge in [-0.15, -0.1) is 0 Å². The summed E-state index contributed by atoms with van der Waals surface area (Å²) in [4.78, 5) is 2.53. The molecule has 1 fully saturated rings. The molecule has 0 spiro atoms. The number of methoxy groups -OCH3 is 1. The Labute approximate surface area is 116 Å². The molecule has 0 amide bonds. The fourth-order valence-electron chi connectivity index (χ4n) is 2.88. The second-order valence-electron chi connectivity index (χ2n) is 5.50. The van der Waals surface area contributed by atoms with Crippen molar-refractivity contribution in [2.24, 2.45) is 5.92 Å². The Hall–Kier alpha value is -1.06. The topological polar surface area (TPSA) is 24.5 Å². The van der Waals surface area contributed by atoms with Gasteiger partial charge in [0.05, 0.1) is 6.61 Å². The standard InChI is InChI=1S/C16H26N2O/c1-4-18-10-9-15(13(2)11-18)17-16-8-6-5-7-14(16)12-19-3/h5-8,13,15,17H,4,9-12H2,1-3H3/t13-,15-/m1/s1. The molecule has 106 valence electrons. The van der Waals surface area contributed by atoms with Crippen molar-refractivity contribution < 1.29 is 4.74 Å². The number of nitrogens with one attached hydrogen (secondary N) is 1. The zero-order valence-corrected chi connectivity index (χ0v) is 12.4. The molecule has 3 heteroatoms. The largest absolute Gasteiger partial charge is 0.382 e. The molecule has 0 saturated carbocycles. The van der Waals surface area contributed by atoms with Gasteiger partial charge in [0.15, 0.2) is 0 Å². The predicted octanol–water partition coefficient (Wildman–Crippen LogP) is 2.98. The molecule has 3 nitrogen and oxygen atoms in total. The van der Waals surface area contributed by atoms with E-state index in [2.05, 4.69) is 48.3 Å². The van der Waals surface area contributed by atoms with Gasteiger partial charge in [0.2, 0.25) is 0 Å². The van der Waals surface area contributed by atoms with Crippen molar-refractivity contribution in [3.63, 3.8) is 0 Å². The highest BCUT2D eigenvalue weighted by molar-refractivity contribution is 5.51. The van der Waals surface area contributed by atoms with Crippen LogP contribution in [0.2, 0.25) is 0 Å². The number of para-hydroxylation sites is 1. The first kappa shape index (κ1) is 14.4. The number of anilines is 1. The van der Waals surface area contributed by atoms with Gasteiger partial charge in [-0.3, -0.25) is 0 Å². The van der Waals surface area contributed by atoms with Crippen LogP contribution in [-0.2, 0) is 11.3 Å². The zero-order chi connectivity index (χ0) is 13.7. The van der Waals surface area contributed by atoms with Gasteiger partial charge in [-0.05, 0) is 24.9 Å². The van der Waals surface area contributed by atoms with E-state index in [0.29, 0.717) is 18.6 Å². The van der Waals surface area contributed by atoms with Gasteiger partial charge < -0.3 is 15.0 Å². The van der Waals surface area contributed by atoms with Gasteiger partial charge in [-0.25, -0.2) is 0 Å². The van der Waals surface area contributed by atoms with Crippen molar-refractivity contribution in [2.45, 2.75) is 32.9 Å². The Morgan fingerprint density at radius 1 is 1.37 bits per heavy atom. The highest BCUT2D eigenvalue weighted by Crippen LogP contribution is 2.23. The summed E-state index contributed by atoms with van der Waals surface area (Å²) in [5.41, 5.74) is 2.47. The molecule has 19 heavy (non-hydrogen) atoms. The molecular formula is C16H26N2O. The van der Waals surface area contributed by atoms with Gasteiger partial charge in [-0.2, -0.15) is 0 Å². The van der Waals surface area contributed by atoms with Crippen LogP contribution in [0.15, 0.2) is 24.3 Å². The Kier molecular flexibility index (Phi) is 5.23. The number of hydrogen-bond acceptors (Lipinski definition) is 3. The van der Waals surface area contributed by atoms with E-state index in [-0.39, 0.29) is 0 Å². The number of nitrogens with zero attached hydrogens (tertiary/aromatic N) is 1. The quantitative estimate of drug-likeness (QED) is 0.883. The number of piperidine rings is 1. The molecule has 1 saturated heterocycles. The second kappa shape index (κ2) is 6.92.